The van der Waals surface area contributed by atoms with Crippen LogP contribution in [0.1, 0.15) is 11.4 Å². The standard InChI is InChI=1S/C18H9ClF6N3O/c19-8-9-5-16(18(23,24)25)27-28(9)17(29)26-15-4-2-1-3-10(15)11-6-13(21)14(22)7-12(11)20/h1-4,6-7H,8H2,(H,26,29). The van der Waals surface area contributed by atoms with Crippen LogP contribution < -0.4 is 5.32 Å². The van der Waals surface area contributed by atoms with Gasteiger partial charge in [0.05, 0.1) is 17.3 Å². The van der Waals surface area contributed by atoms with E-state index in [-0.39, 0.29) is 22.5 Å². The molecule has 1 aromatic heterocycles. The van der Waals surface area contributed by atoms with Gasteiger partial charge in [-0.05, 0) is 12.1 Å². The van der Waals surface area contributed by atoms with Gasteiger partial charge in [-0.15, -0.1) is 11.6 Å². The number of rotatable bonds is 3. The molecule has 3 rings (SSSR count). The van der Waals surface area contributed by atoms with E-state index in [2.05, 4.69) is 10.4 Å². The minimum absolute atomic E-state index is 0.0307. The second-order valence-electron chi connectivity index (χ2n) is 5.69. The number of hydrogen-bond acceptors (Lipinski definition) is 2. The van der Waals surface area contributed by atoms with Crippen molar-refractivity contribution in [2.75, 3.05) is 5.32 Å². The molecular weight excluding hydrogens is 424 g/mol. The van der Waals surface area contributed by atoms with Crippen LogP contribution in [0, 0.1) is 23.5 Å². The summed E-state index contributed by atoms with van der Waals surface area (Å²) in [6.45, 7) is 0. The van der Waals surface area contributed by atoms with Gasteiger partial charge in [-0.1, -0.05) is 18.2 Å². The van der Waals surface area contributed by atoms with Crippen molar-refractivity contribution in [2.24, 2.45) is 0 Å². The van der Waals surface area contributed by atoms with Crippen LogP contribution in [0.5, 0.6) is 0 Å². The zero-order valence-electron chi connectivity index (χ0n) is 14.1. The highest BCUT2D eigenvalue weighted by atomic mass is 35.5. The molecule has 0 aliphatic carbocycles. The number of para-hydroxylation sites is 1. The maximum absolute atomic E-state index is 14.1. The highest BCUT2D eigenvalue weighted by Crippen LogP contribution is 2.32. The van der Waals surface area contributed by atoms with E-state index in [0.717, 1.165) is 0 Å². The van der Waals surface area contributed by atoms with Crippen LogP contribution in [0.2, 0.25) is 0 Å². The van der Waals surface area contributed by atoms with Gasteiger partial charge in [0.1, 0.15) is 5.82 Å². The number of nitrogens with one attached hydrogen (secondary N) is 1. The van der Waals surface area contributed by atoms with E-state index in [1.54, 1.807) is 0 Å². The molecule has 1 heterocycles. The van der Waals surface area contributed by atoms with Crippen LogP contribution >= 0.6 is 11.6 Å². The number of carbonyl (C=O) groups excluding carboxylic acids is 1. The number of hydrogen-bond donors (Lipinski definition) is 1. The average molecular weight is 433 g/mol. The fourth-order valence-electron chi connectivity index (χ4n) is 2.48. The molecule has 0 bridgehead atoms. The van der Waals surface area contributed by atoms with Crippen LogP contribution in [0.3, 0.4) is 0 Å². The topological polar surface area (TPSA) is 46.9 Å². The van der Waals surface area contributed by atoms with E-state index in [9.17, 15) is 31.1 Å². The van der Waals surface area contributed by atoms with Crippen molar-refractivity contribution < 1.29 is 31.1 Å². The molecule has 151 valence electrons. The molecule has 0 saturated carbocycles. The molecule has 3 aromatic rings. The number of carbonyl (C=O) groups is 1. The summed E-state index contributed by atoms with van der Waals surface area (Å²) in [7, 11) is 0. The molecule has 1 N–H and O–H groups in total. The Bertz CT molecular complexity index is 1080. The molecule has 29 heavy (non-hydrogen) atoms. The Kier molecular flexibility index (Phi) is 5.56. The van der Waals surface area contributed by atoms with E-state index >= 15 is 0 Å². The van der Waals surface area contributed by atoms with Crippen molar-refractivity contribution >= 4 is 23.3 Å². The lowest BCUT2D eigenvalue weighted by atomic mass is 10.0. The minimum atomic E-state index is -4.85. The van der Waals surface area contributed by atoms with Crippen LogP contribution in [0.25, 0.3) is 11.1 Å². The lowest BCUT2D eigenvalue weighted by molar-refractivity contribution is -0.141. The van der Waals surface area contributed by atoms with Crippen LogP contribution in [0.15, 0.2) is 36.4 Å². The van der Waals surface area contributed by atoms with E-state index in [1.165, 1.54) is 24.3 Å². The maximum atomic E-state index is 14.1. The third kappa shape index (κ3) is 4.21. The third-order valence-electron chi connectivity index (χ3n) is 3.77. The summed E-state index contributed by atoms with van der Waals surface area (Å²) in [5.41, 5.74) is -2.26. The van der Waals surface area contributed by atoms with Gasteiger partial charge in [0.25, 0.3) is 0 Å². The largest absolute Gasteiger partial charge is 0.435 e. The Hall–Kier alpha value is -3.01. The molecule has 11 heteroatoms. The van der Waals surface area contributed by atoms with Crippen molar-refractivity contribution in [3.8, 4) is 11.1 Å². The Labute approximate surface area is 164 Å². The zero-order valence-corrected chi connectivity index (χ0v) is 14.9. The Morgan fingerprint density at radius 1 is 1.07 bits per heavy atom. The second kappa shape index (κ2) is 7.78. The Morgan fingerprint density at radius 2 is 1.72 bits per heavy atom. The quantitative estimate of drug-likeness (QED) is 0.332. The molecule has 0 fully saturated rings. The number of alkyl halides is 4. The zero-order chi connectivity index (χ0) is 21.3. The smallest absolute Gasteiger partial charge is 0.305 e. The van der Waals surface area contributed by atoms with Crippen LogP contribution in [-0.2, 0) is 12.1 Å². The monoisotopic (exact) mass is 432 g/mol. The van der Waals surface area contributed by atoms with Gasteiger partial charge in [0.15, 0.2) is 17.3 Å². The number of benzene rings is 2. The Morgan fingerprint density at radius 3 is 2.38 bits per heavy atom. The Balaban J connectivity index is 2.00. The number of nitrogens with zero attached hydrogens (tertiary/aromatic N) is 2. The number of aromatic nitrogens is 2. The van der Waals surface area contributed by atoms with Crippen molar-refractivity contribution in [2.45, 2.75) is 12.1 Å². The first kappa shape index (κ1) is 20.7. The van der Waals surface area contributed by atoms with E-state index in [0.29, 0.717) is 16.8 Å². The average Bonchev–Trinajstić information content (AvgIpc) is 3.10. The molecule has 0 atom stereocenters. The van der Waals surface area contributed by atoms with E-state index < -0.39 is 41.2 Å². The van der Waals surface area contributed by atoms with Gasteiger partial charge in [-0.2, -0.15) is 23.0 Å². The van der Waals surface area contributed by atoms with Crippen molar-refractivity contribution in [3.63, 3.8) is 0 Å². The lowest BCUT2D eigenvalue weighted by Gasteiger charge is -2.13. The van der Waals surface area contributed by atoms with E-state index in [4.69, 9.17) is 11.6 Å². The molecule has 4 nitrogen and oxygen atoms in total. The summed E-state index contributed by atoms with van der Waals surface area (Å²) < 4.78 is 79.7. The maximum Gasteiger partial charge on any atom is 0.435 e. The fraction of sp³-hybridized carbons (Fsp3) is 0.111. The predicted molar refractivity (Wildman–Crippen MR) is 91.8 cm³/mol. The SMILES string of the molecule is O=C(Nc1ccccc1-c1cc(F)c(F)cc1F)n1nc(C(F)(F)F)[c]c1CCl. The third-order valence-corrected chi connectivity index (χ3v) is 4.03. The first-order chi connectivity index (χ1) is 13.6. The van der Waals surface area contributed by atoms with Crippen LogP contribution in [0.4, 0.5) is 36.8 Å². The highest BCUT2D eigenvalue weighted by molar-refractivity contribution is 6.17. The lowest BCUT2D eigenvalue weighted by Crippen LogP contribution is -2.23. The summed E-state index contributed by atoms with van der Waals surface area (Å²) in [4.78, 5) is 12.4. The molecule has 0 aliphatic rings. The first-order valence-corrected chi connectivity index (χ1v) is 8.35. The van der Waals surface area contributed by atoms with Gasteiger partial charge in [0.2, 0.25) is 0 Å². The normalized spacial score (nSPS) is 11.6. The summed E-state index contributed by atoms with van der Waals surface area (Å²) in [6, 6.07) is 7.19. The molecule has 0 unspecified atom stereocenters. The van der Waals surface area contributed by atoms with Crippen molar-refractivity contribution in [3.05, 3.63) is 71.3 Å². The number of amides is 1. The second-order valence-corrected chi connectivity index (χ2v) is 5.95. The van der Waals surface area contributed by atoms with Gasteiger partial charge in [-0.25, -0.2) is 18.0 Å². The van der Waals surface area contributed by atoms with Gasteiger partial charge in [-0.3, -0.25) is 0 Å². The molecule has 0 spiro atoms. The highest BCUT2D eigenvalue weighted by Gasteiger charge is 2.36. The molecular formula is C18H9ClF6N3O. The number of anilines is 1. The molecule has 1 amide bonds. The molecule has 2 aromatic carbocycles. The molecule has 0 saturated heterocycles. The fourth-order valence-corrected chi connectivity index (χ4v) is 2.66. The van der Waals surface area contributed by atoms with Crippen LogP contribution in [-0.4, -0.2) is 15.8 Å². The summed E-state index contributed by atoms with van der Waals surface area (Å²) in [5, 5.41) is 5.41. The van der Waals surface area contributed by atoms with Gasteiger partial charge >= 0.3 is 12.2 Å². The summed E-state index contributed by atoms with van der Waals surface area (Å²) in [5.74, 6) is -4.30. The first-order valence-electron chi connectivity index (χ1n) is 7.81. The van der Waals surface area contributed by atoms with Gasteiger partial charge in [0, 0.05) is 23.3 Å². The minimum Gasteiger partial charge on any atom is -0.305 e. The van der Waals surface area contributed by atoms with Crippen molar-refractivity contribution in [1.29, 1.82) is 0 Å². The molecule has 0 aliphatic heterocycles. The van der Waals surface area contributed by atoms with E-state index in [1.807, 2.05) is 6.07 Å². The van der Waals surface area contributed by atoms with Gasteiger partial charge < -0.3 is 5.32 Å². The summed E-state index contributed by atoms with van der Waals surface area (Å²) in [6.07, 6.45) is -4.85. The predicted octanol–water partition coefficient (Wildman–Crippen LogP) is 5.61. The number of halogens is 7. The summed E-state index contributed by atoms with van der Waals surface area (Å²) >= 11 is 5.56. The van der Waals surface area contributed by atoms with Crippen molar-refractivity contribution in [1.82, 2.24) is 9.78 Å². The molecule has 1 radical (unpaired) electrons.